The average Bonchev–Trinajstić information content (AvgIpc) is 3.09. The van der Waals surface area contributed by atoms with Crippen LogP contribution >= 0.6 is 11.3 Å². The van der Waals surface area contributed by atoms with Crippen LogP contribution < -0.4 is 10.2 Å². The van der Waals surface area contributed by atoms with Gasteiger partial charge < -0.3 is 10.2 Å². The fourth-order valence-corrected chi connectivity index (χ4v) is 3.25. The minimum Gasteiger partial charge on any atom is -0.311 e. The van der Waals surface area contributed by atoms with E-state index in [4.69, 9.17) is 0 Å². The molecule has 1 aliphatic heterocycles. The van der Waals surface area contributed by atoms with Gasteiger partial charge in [0.05, 0.1) is 5.92 Å². The van der Waals surface area contributed by atoms with Crippen molar-refractivity contribution in [1.29, 1.82) is 0 Å². The van der Waals surface area contributed by atoms with Gasteiger partial charge in [-0.05, 0) is 25.5 Å². The lowest BCUT2D eigenvalue weighted by Crippen LogP contribution is -2.28. The Morgan fingerprint density at radius 1 is 1.41 bits per heavy atom. The maximum atomic E-state index is 12.3. The van der Waals surface area contributed by atoms with E-state index in [1.54, 1.807) is 16.5 Å². The van der Waals surface area contributed by atoms with Crippen LogP contribution in [0.25, 0.3) is 0 Å². The van der Waals surface area contributed by atoms with Crippen molar-refractivity contribution in [2.75, 3.05) is 16.8 Å². The number of aryl methyl sites for hydroxylation is 2. The van der Waals surface area contributed by atoms with Crippen LogP contribution in [0.3, 0.4) is 0 Å². The number of carbonyl (C=O) groups excluding carboxylic acids is 2. The highest BCUT2D eigenvalue weighted by Crippen LogP contribution is 2.29. The lowest BCUT2D eigenvalue weighted by Gasteiger charge is -2.19. The number of aromatic nitrogens is 1. The summed E-state index contributed by atoms with van der Waals surface area (Å²) in [6.45, 7) is 4.42. The largest absolute Gasteiger partial charge is 0.311 e. The van der Waals surface area contributed by atoms with Crippen molar-refractivity contribution in [3.63, 3.8) is 0 Å². The third kappa shape index (κ3) is 2.87. The van der Waals surface area contributed by atoms with Gasteiger partial charge in [-0.25, -0.2) is 4.98 Å². The number of rotatable bonds is 3. The van der Waals surface area contributed by atoms with E-state index in [2.05, 4.69) is 10.3 Å². The van der Waals surface area contributed by atoms with E-state index in [9.17, 15) is 9.59 Å². The minimum atomic E-state index is -0.336. The summed E-state index contributed by atoms with van der Waals surface area (Å²) in [5.41, 5.74) is 3.10. The Morgan fingerprint density at radius 3 is 2.91 bits per heavy atom. The zero-order chi connectivity index (χ0) is 15.7. The SMILES string of the molecule is Cc1ccc(N2C[C@H](C(=O)Nc3nccs3)CC2=O)c(C)c1. The fourth-order valence-electron chi connectivity index (χ4n) is 2.72. The first-order valence-electron chi connectivity index (χ1n) is 7.12. The quantitative estimate of drug-likeness (QED) is 0.947. The van der Waals surface area contributed by atoms with Crippen molar-refractivity contribution in [3.8, 4) is 0 Å². The van der Waals surface area contributed by atoms with Crippen molar-refractivity contribution >= 4 is 34.0 Å². The zero-order valence-electron chi connectivity index (χ0n) is 12.5. The normalized spacial score (nSPS) is 17.8. The molecule has 2 heterocycles. The summed E-state index contributed by atoms with van der Waals surface area (Å²) in [6.07, 6.45) is 1.88. The molecular weight excluding hydrogens is 298 g/mol. The van der Waals surface area contributed by atoms with Crippen LogP contribution in [-0.4, -0.2) is 23.3 Å². The highest BCUT2D eigenvalue weighted by molar-refractivity contribution is 7.13. The Balaban J connectivity index is 1.74. The molecule has 1 atom stereocenters. The summed E-state index contributed by atoms with van der Waals surface area (Å²) in [4.78, 5) is 30.3. The van der Waals surface area contributed by atoms with Crippen molar-refractivity contribution in [2.24, 2.45) is 5.92 Å². The molecule has 3 rings (SSSR count). The van der Waals surface area contributed by atoms with E-state index in [0.717, 1.165) is 16.8 Å². The number of carbonyl (C=O) groups is 2. The van der Waals surface area contributed by atoms with Crippen LogP contribution in [0.1, 0.15) is 17.5 Å². The predicted molar refractivity (Wildman–Crippen MR) is 87.1 cm³/mol. The monoisotopic (exact) mass is 315 g/mol. The first-order valence-corrected chi connectivity index (χ1v) is 8.00. The van der Waals surface area contributed by atoms with Crippen LogP contribution in [0.4, 0.5) is 10.8 Å². The molecule has 22 heavy (non-hydrogen) atoms. The van der Waals surface area contributed by atoms with Gasteiger partial charge in [0, 0.05) is 30.2 Å². The summed E-state index contributed by atoms with van der Waals surface area (Å²) in [7, 11) is 0. The second-order valence-corrected chi connectivity index (χ2v) is 6.42. The highest BCUT2D eigenvalue weighted by Gasteiger charge is 2.35. The Bertz CT molecular complexity index is 712. The maximum Gasteiger partial charge on any atom is 0.231 e. The van der Waals surface area contributed by atoms with Crippen LogP contribution in [0.2, 0.25) is 0 Å². The molecule has 1 aromatic carbocycles. The summed E-state index contributed by atoms with van der Waals surface area (Å²) < 4.78 is 0. The zero-order valence-corrected chi connectivity index (χ0v) is 13.3. The molecule has 1 aliphatic rings. The minimum absolute atomic E-state index is 0.00811. The lowest BCUT2D eigenvalue weighted by atomic mass is 10.1. The molecular formula is C16H17N3O2S. The van der Waals surface area contributed by atoms with Crippen molar-refractivity contribution < 1.29 is 9.59 Å². The van der Waals surface area contributed by atoms with Gasteiger partial charge in [0.2, 0.25) is 11.8 Å². The molecule has 0 radical (unpaired) electrons. The van der Waals surface area contributed by atoms with E-state index in [0.29, 0.717) is 11.7 Å². The molecule has 5 nitrogen and oxygen atoms in total. The van der Waals surface area contributed by atoms with Crippen molar-refractivity contribution in [1.82, 2.24) is 4.98 Å². The summed E-state index contributed by atoms with van der Waals surface area (Å²) in [6, 6.07) is 5.98. The number of hydrogen-bond acceptors (Lipinski definition) is 4. The molecule has 1 aromatic heterocycles. The van der Waals surface area contributed by atoms with E-state index in [1.165, 1.54) is 11.3 Å². The second kappa shape index (κ2) is 5.88. The number of thiazole rings is 1. The number of benzene rings is 1. The van der Waals surface area contributed by atoms with Gasteiger partial charge in [0.15, 0.2) is 5.13 Å². The molecule has 0 aliphatic carbocycles. The van der Waals surface area contributed by atoms with Crippen LogP contribution in [0.5, 0.6) is 0 Å². The average molecular weight is 315 g/mol. The maximum absolute atomic E-state index is 12.3. The van der Waals surface area contributed by atoms with E-state index >= 15 is 0 Å². The molecule has 0 unspecified atom stereocenters. The first-order chi connectivity index (χ1) is 10.5. The number of anilines is 2. The Morgan fingerprint density at radius 2 is 2.23 bits per heavy atom. The van der Waals surface area contributed by atoms with Gasteiger partial charge in [-0.3, -0.25) is 9.59 Å². The first kappa shape index (κ1) is 14.7. The molecule has 1 N–H and O–H groups in total. The van der Waals surface area contributed by atoms with E-state index in [-0.39, 0.29) is 24.2 Å². The summed E-state index contributed by atoms with van der Waals surface area (Å²) in [5.74, 6) is -0.487. The lowest BCUT2D eigenvalue weighted by molar-refractivity contribution is -0.122. The third-order valence-corrected chi connectivity index (χ3v) is 4.49. The molecule has 1 saturated heterocycles. The van der Waals surface area contributed by atoms with Crippen LogP contribution in [-0.2, 0) is 9.59 Å². The molecule has 0 bridgehead atoms. The molecule has 2 aromatic rings. The smallest absolute Gasteiger partial charge is 0.231 e. The van der Waals surface area contributed by atoms with Crippen LogP contribution in [0.15, 0.2) is 29.8 Å². The summed E-state index contributed by atoms with van der Waals surface area (Å²) >= 11 is 1.37. The Kier molecular flexibility index (Phi) is 3.94. The molecule has 1 fully saturated rings. The Labute approximate surface area is 133 Å². The van der Waals surface area contributed by atoms with Gasteiger partial charge in [-0.1, -0.05) is 17.7 Å². The third-order valence-electron chi connectivity index (χ3n) is 3.80. The molecule has 0 saturated carbocycles. The van der Waals surface area contributed by atoms with Gasteiger partial charge in [-0.15, -0.1) is 11.3 Å². The van der Waals surface area contributed by atoms with Gasteiger partial charge in [-0.2, -0.15) is 0 Å². The molecule has 6 heteroatoms. The number of nitrogens with one attached hydrogen (secondary N) is 1. The topological polar surface area (TPSA) is 62.3 Å². The van der Waals surface area contributed by atoms with Gasteiger partial charge in [0.25, 0.3) is 0 Å². The molecule has 2 amide bonds. The van der Waals surface area contributed by atoms with E-state index in [1.807, 2.05) is 32.0 Å². The number of amides is 2. The highest BCUT2D eigenvalue weighted by atomic mass is 32.1. The summed E-state index contributed by atoms with van der Waals surface area (Å²) in [5, 5.41) is 5.14. The molecule has 114 valence electrons. The predicted octanol–water partition coefficient (Wildman–Crippen LogP) is 2.75. The van der Waals surface area contributed by atoms with Crippen molar-refractivity contribution in [3.05, 3.63) is 40.9 Å². The number of hydrogen-bond donors (Lipinski definition) is 1. The van der Waals surface area contributed by atoms with Crippen molar-refractivity contribution in [2.45, 2.75) is 20.3 Å². The Hall–Kier alpha value is -2.21. The molecule has 0 spiro atoms. The van der Waals surface area contributed by atoms with E-state index < -0.39 is 0 Å². The fraction of sp³-hybridized carbons (Fsp3) is 0.312. The van der Waals surface area contributed by atoms with Gasteiger partial charge >= 0.3 is 0 Å². The van der Waals surface area contributed by atoms with Gasteiger partial charge in [0.1, 0.15) is 0 Å². The standard InChI is InChI=1S/C16H17N3O2S/c1-10-3-4-13(11(2)7-10)19-9-12(8-14(19)20)15(21)18-16-17-5-6-22-16/h3-7,12H,8-9H2,1-2H3,(H,17,18,21)/t12-/m1/s1. The number of nitrogens with zero attached hydrogens (tertiary/aromatic N) is 2. The second-order valence-electron chi connectivity index (χ2n) is 5.52. The van der Waals surface area contributed by atoms with Crippen LogP contribution in [0, 0.1) is 19.8 Å².